The summed E-state index contributed by atoms with van der Waals surface area (Å²) in [5.74, 6) is 0.0532. The molecule has 0 saturated heterocycles. The lowest BCUT2D eigenvalue weighted by Crippen LogP contribution is -2.35. The molecule has 1 amide bonds. The number of alkyl halides is 1. The third-order valence-electron chi connectivity index (χ3n) is 4.64. The van der Waals surface area contributed by atoms with E-state index >= 15 is 0 Å². The molecule has 5 nitrogen and oxygen atoms in total. The van der Waals surface area contributed by atoms with Gasteiger partial charge in [-0.1, -0.05) is 40.2 Å². The van der Waals surface area contributed by atoms with E-state index in [2.05, 4.69) is 26.2 Å². The fourth-order valence-corrected chi connectivity index (χ4v) is 3.72. The Labute approximate surface area is 166 Å². The molecule has 0 saturated carbocycles. The standard InChI is InChI=1S/C21H21BrN2O3/c1-2-27-20(26)24-17-8-7-15-5-3-6-16(18(15)13-17)9-11-21(19(25)14-22)10-4-12-23-21/h3-8,10,12-13H,2,9,11,14H2,1H3,(H,24,26). The molecular weight excluding hydrogens is 408 g/mol. The molecule has 140 valence electrons. The van der Waals surface area contributed by atoms with E-state index in [0.29, 0.717) is 25.1 Å². The van der Waals surface area contributed by atoms with Crippen LogP contribution in [-0.2, 0) is 16.0 Å². The Kier molecular flexibility index (Phi) is 6.06. The van der Waals surface area contributed by atoms with Crippen LogP contribution >= 0.6 is 15.9 Å². The second-order valence-corrected chi connectivity index (χ2v) is 6.88. The molecule has 1 N–H and O–H groups in total. The number of ketones is 1. The number of aryl methyl sites for hydroxylation is 1. The number of nitrogens with one attached hydrogen (secondary N) is 1. The van der Waals surface area contributed by atoms with E-state index in [-0.39, 0.29) is 11.1 Å². The number of benzene rings is 2. The summed E-state index contributed by atoms with van der Waals surface area (Å²) in [6.07, 6.45) is 6.20. The monoisotopic (exact) mass is 428 g/mol. The summed E-state index contributed by atoms with van der Waals surface area (Å²) in [5.41, 5.74) is 1.00. The van der Waals surface area contributed by atoms with Crippen molar-refractivity contribution in [2.24, 2.45) is 4.99 Å². The van der Waals surface area contributed by atoms with Crippen LogP contribution in [0.15, 0.2) is 53.5 Å². The first-order valence-corrected chi connectivity index (χ1v) is 9.98. The van der Waals surface area contributed by atoms with Crippen molar-refractivity contribution < 1.29 is 14.3 Å². The van der Waals surface area contributed by atoms with Gasteiger partial charge >= 0.3 is 6.09 Å². The van der Waals surface area contributed by atoms with Gasteiger partial charge in [-0.05, 0) is 60.4 Å². The number of anilines is 1. The lowest BCUT2D eigenvalue weighted by atomic mass is 9.87. The van der Waals surface area contributed by atoms with E-state index < -0.39 is 11.6 Å². The predicted octanol–water partition coefficient (Wildman–Crippen LogP) is 4.68. The fraction of sp³-hybridized carbons (Fsp3) is 0.286. The number of Topliss-reactive ketones (excluding diaryl/α,β-unsaturated/α-hetero) is 1. The molecule has 1 aliphatic rings. The molecule has 0 radical (unpaired) electrons. The summed E-state index contributed by atoms with van der Waals surface area (Å²) in [6, 6.07) is 11.8. The predicted molar refractivity (Wildman–Crippen MR) is 112 cm³/mol. The van der Waals surface area contributed by atoms with Crippen molar-refractivity contribution in [1.29, 1.82) is 0 Å². The van der Waals surface area contributed by atoms with Crippen molar-refractivity contribution in [2.45, 2.75) is 25.3 Å². The molecule has 1 aliphatic heterocycles. The highest BCUT2D eigenvalue weighted by Crippen LogP contribution is 2.29. The van der Waals surface area contributed by atoms with Crippen LogP contribution in [0.1, 0.15) is 18.9 Å². The largest absolute Gasteiger partial charge is 0.450 e. The Balaban J connectivity index is 1.85. The van der Waals surface area contributed by atoms with Crippen molar-refractivity contribution in [2.75, 3.05) is 17.3 Å². The van der Waals surface area contributed by atoms with Crippen LogP contribution in [-0.4, -0.2) is 35.6 Å². The highest BCUT2D eigenvalue weighted by molar-refractivity contribution is 9.09. The normalized spacial score (nSPS) is 18.0. The van der Waals surface area contributed by atoms with Crippen LogP contribution in [0.5, 0.6) is 0 Å². The lowest BCUT2D eigenvalue weighted by molar-refractivity contribution is -0.120. The molecule has 6 heteroatoms. The molecule has 0 aliphatic carbocycles. The second-order valence-electron chi connectivity index (χ2n) is 6.32. The molecule has 0 spiro atoms. The number of amides is 1. The Morgan fingerprint density at radius 1 is 1.26 bits per heavy atom. The molecule has 1 unspecified atom stereocenters. The molecule has 2 aromatic carbocycles. The zero-order valence-corrected chi connectivity index (χ0v) is 16.7. The van der Waals surface area contributed by atoms with Gasteiger partial charge in [0.1, 0.15) is 5.54 Å². The maximum atomic E-state index is 12.4. The molecule has 27 heavy (non-hydrogen) atoms. The highest BCUT2D eigenvalue weighted by atomic mass is 79.9. The fourth-order valence-electron chi connectivity index (χ4n) is 3.23. The van der Waals surface area contributed by atoms with Crippen LogP contribution in [0.4, 0.5) is 10.5 Å². The van der Waals surface area contributed by atoms with E-state index in [1.165, 1.54) is 0 Å². The first-order valence-electron chi connectivity index (χ1n) is 8.86. The molecule has 0 bridgehead atoms. The van der Waals surface area contributed by atoms with Crippen LogP contribution < -0.4 is 5.32 Å². The molecular formula is C21H21BrN2O3. The minimum atomic E-state index is -0.785. The van der Waals surface area contributed by atoms with Gasteiger partial charge in [0.2, 0.25) is 0 Å². The van der Waals surface area contributed by atoms with Crippen molar-refractivity contribution in [3.05, 3.63) is 54.1 Å². The van der Waals surface area contributed by atoms with Crippen LogP contribution in [0, 0.1) is 0 Å². The summed E-state index contributed by atoms with van der Waals surface area (Å²) in [4.78, 5) is 28.5. The minimum Gasteiger partial charge on any atom is -0.450 e. The van der Waals surface area contributed by atoms with E-state index in [1.54, 1.807) is 13.1 Å². The number of rotatable bonds is 7. The van der Waals surface area contributed by atoms with Gasteiger partial charge in [-0.25, -0.2) is 4.79 Å². The van der Waals surface area contributed by atoms with Crippen LogP contribution in [0.2, 0.25) is 0 Å². The van der Waals surface area contributed by atoms with E-state index in [0.717, 1.165) is 16.3 Å². The second kappa shape index (κ2) is 8.48. The minimum absolute atomic E-state index is 0.0532. The number of ether oxygens (including phenoxy) is 1. The number of hydrogen-bond donors (Lipinski definition) is 1. The molecule has 0 aromatic heterocycles. The topological polar surface area (TPSA) is 67.8 Å². The first kappa shape index (κ1) is 19.3. The zero-order chi connectivity index (χ0) is 19.3. The quantitative estimate of drug-likeness (QED) is 0.650. The third-order valence-corrected chi connectivity index (χ3v) is 5.15. The van der Waals surface area contributed by atoms with Crippen molar-refractivity contribution in [3.63, 3.8) is 0 Å². The number of allylic oxidation sites excluding steroid dienone is 1. The summed E-state index contributed by atoms with van der Waals surface area (Å²) >= 11 is 3.26. The molecule has 2 aromatic rings. The van der Waals surface area contributed by atoms with Gasteiger partial charge in [-0.2, -0.15) is 0 Å². The van der Waals surface area contributed by atoms with Gasteiger partial charge in [-0.15, -0.1) is 0 Å². The summed E-state index contributed by atoms with van der Waals surface area (Å²) in [7, 11) is 0. The summed E-state index contributed by atoms with van der Waals surface area (Å²) in [5, 5.41) is 5.13. The van der Waals surface area contributed by atoms with Crippen molar-refractivity contribution in [1.82, 2.24) is 0 Å². The van der Waals surface area contributed by atoms with Gasteiger partial charge in [-0.3, -0.25) is 15.1 Å². The van der Waals surface area contributed by atoms with Gasteiger partial charge in [0.25, 0.3) is 0 Å². The zero-order valence-electron chi connectivity index (χ0n) is 15.1. The maximum absolute atomic E-state index is 12.4. The smallest absolute Gasteiger partial charge is 0.411 e. The van der Waals surface area contributed by atoms with Gasteiger partial charge in [0.05, 0.1) is 11.9 Å². The summed E-state index contributed by atoms with van der Waals surface area (Å²) < 4.78 is 4.94. The average molecular weight is 429 g/mol. The van der Waals surface area contributed by atoms with Gasteiger partial charge in [0, 0.05) is 11.9 Å². The number of hydrogen-bond acceptors (Lipinski definition) is 4. The van der Waals surface area contributed by atoms with E-state index in [1.807, 2.05) is 48.6 Å². The third kappa shape index (κ3) is 4.27. The number of nitrogens with zero attached hydrogens (tertiary/aromatic N) is 1. The number of carbonyl (C=O) groups is 2. The number of aliphatic imine (C=N–C) groups is 1. The molecule has 1 heterocycles. The Bertz CT molecular complexity index is 909. The first-order chi connectivity index (χ1) is 13.1. The SMILES string of the molecule is CCOC(=O)Nc1ccc2cccc(CCC3(C(=O)CBr)C=CC=N3)c2c1. The van der Waals surface area contributed by atoms with E-state index in [9.17, 15) is 9.59 Å². The van der Waals surface area contributed by atoms with Crippen molar-refractivity contribution >= 4 is 50.5 Å². The summed E-state index contributed by atoms with van der Waals surface area (Å²) in [6.45, 7) is 2.09. The lowest BCUT2D eigenvalue weighted by Gasteiger charge is -2.22. The van der Waals surface area contributed by atoms with Gasteiger partial charge in [0.15, 0.2) is 5.78 Å². The molecule has 3 rings (SSSR count). The number of fused-ring (bicyclic) bond motifs is 1. The molecule has 0 fully saturated rings. The highest BCUT2D eigenvalue weighted by Gasteiger charge is 2.35. The average Bonchev–Trinajstić information content (AvgIpc) is 3.16. The molecule has 1 atom stereocenters. The Morgan fingerprint density at radius 3 is 2.81 bits per heavy atom. The van der Waals surface area contributed by atoms with Gasteiger partial charge < -0.3 is 4.74 Å². The van der Waals surface area contributed by atoms with Crippen LogP contribution in [0.25, 0.3) is 10.8 Å². The Morgan fingerprint density at radius 2 is 2.11 bits per heavy atom. The van der Waals surface area contributed by atoms with Crippen LogP contribution in [0.3, 0.4) is 0 Å². The number of carbonyl (C=O) groups excluding carboxylic acids is 2. The number of halogens is 1. The van der Waals surface area contributed by atoms with E-state index in [4.69, 9.17) is 4.74 Å². The maximum Gasteiger partial charge on any atom is 0.411 e. The Hall–Kier alpha value is -2.47. The van der Waals surface area contributed by atoms with Crippen molar-refractivity contribution in [3.8, 4) is 0 Å².